The lowest BCUT2D eigenvalue weighted by Gasteiger charge is -2.33. The molecule has 1 heterocycles. The number of alkyl halides is 1. The van der Waals surface area contributed by atoms with E-state index in [0.29, 0.717) is 5.75 Å². The standard InChI is InChI=1S/C13H13Br2NO3/c14-7-4-11-10(18-5-19-11)3-6(7)12-8(16)1-2-9(17)13(12)15/h1-4,8-9,12-13,17H,5,16H2/t8-,9+,12+,13-/m0/s1. The van der Waals surface area contributed by atoms with Crippen molar-refractivity contribution in [2.75, 3.05) is 6.79 Å². The molecule has 1 aromatic carbocycles. The third-order valence-electron chi connectivity index (χ3n) is 3.47. The van der Waals surface area contributed by atoms with Gasteiger partial charge in [0.15, 0.2) is 11.5 Å². The fourth-order valence-electron chi connectivity index (χ4n) is 2.46. The Balaban J connectivity index is 2.04. The van der Waals surface area contributed by atoms with E-state index in [1.807, 2.05) is 18.2 Å². The number of nitrogens with two attached hydrogens (primary N) is 1. The summed E-state index contributed by atoms with van der Waals surface area (Å²) >= 11 is 7.08. The van der Waals surface area contributed by atoms with Crippen molar-refractivity contribution in [2.24, 2.45) is 5.73 Å². The van der Waals surface area contributed by atoms with Crippen molar-refractivity contribution in [1.82, 2.24) is 0 Å². The number of hydrogen-bond acceptors (Lipinski definition) is 4. The first-order chi connectivity index (χ1) is 9.08. The van der Waals surface area contributed by atoms with Crippen molar-refractivity contribution in [3.05, 3.63) is 34.3 Å². The number of aliphatic hydroxyl groups is 1. The molecule has 3 N–H and O–H groups in total. The number of aliphatic hydroxyl groups excluding tert-OH is 1. The third kappa shape index (κ3) is 2.31. The van der Waals surface area contributed by atoms with Crippen molar-refractivity contribution in [1.29, 1.82) is 0 Å². The van der Waals surface area contributed by atoms with Gasteiger partial charge in [-0.05, 0) is 17.7 Å². The van der Waals surface area contributed by atoms with E-state index in [1.54, 1.807) is 6.08 Å². The van der Waals surface area contributed by atoms with Gasteiger partial charge in [0.2, 0.25) is 6.79 Å². The molecule has 0 unspecified atom stereocenters. The summed E-state index contributed by atoms with van der Waals surface area (Å²) in [4.78, 5) is -0.135. The normalized spacial score (nSPS) is 32.6. The van der Waals surface area contributed by atoms with Crippen LogP contribution in [0.2, 0.25) is 0 Å². The molecule has 102 valence electrons. The number of hydrogen-bond donors (Lipinski definition) is 2. The molecule has 0 radical (unpaired) electrons. The molecule has 0 saturated heterocycles. The SMILES string of the molecule is N[C@H]1C=C[C@@H](O)[C@H](Br)[C@@H]1c1cc2c(cc1Br)OCO2. The van der Waals surface area contributed by atoms with Gasteiger partial charge in [0.05, 0.1) is 10.9 Å². The Bertz CT molecular complexity index is 535. The number of fused-ring (bicyclic) bond motifs is 1. The fourth-order valence-corrected chi connectivity index (χ4v) is 3.86. The maximum atomic E-state index is 9.95. The van der Waals surface area contributed by atoms with Gasteiger partial charge in [-0.25, -0.2) is 0 Å². The highest BCUT2D eigenvalue weighted by Crippen LogP contribution is 2.43. The summed E-state index contributed by atoms with van der Waals surface area (Å²) in [5, 5.41) is 9.95. The van der Waals surface area contributed by atoms with E-state index in [0.717, 1.165) is 15.8 Å². The number of halogens is 2. The molecule has 4 nitrogen and oxygen atoms in total. The lowest BCUT2D eigenvalue weighted by molar-refractivity contribution is 0.173. The first-order valence-electron chi connectivity index (χ1n) is 5.93. The molecular weight excluding hydrogens is 378 g/mol. The molecule has 3 rings (SSSR count). The van der Waals surface area contributed by atoms with Gasteiger partial charge in [0, 0.05) is 16.4 Å². The molecule has 0 saturated carbocycles. The Hall–Kier alpha value is -0.560. The largest absolute Gasteiger partial charge is 0.454 e. The van der Waals surface area contributed by atoms with Crippen LogP contribution in [-0.2, 0) is 0 Å². The highest BCUT2D eigenvalue weighted by molar-refractivity contribution is 9.10. The van der Waals surface area contributed by atoms with Crippen LogP contribution in [0.25, 0.3) is 0 Å². The molecule has 0 fully saturated rings. The predicted molar refractivity (Wildman–Crippen MR) is 78.8 cm³/mol. The Labute approximate surface area is 127 Å². The zero-order chi connectivity index (χ0) is 13.6. The summed E-state index contributed by atoms with van der Waals surface area (Å²) in [6.07, 6.45) is 3.01. The van der Waals surface area contributed by atoms with E-state index in [9.17, 15) is 5.11 Å². The third-order valence-corrected chi connectivity index (χ3v) is 5.26. The second-order valence-corrected chi connectivity index (χ2v) is 6.56. The molecule has 0 bridgehead atoms. The molecule has 6 heteroatoms. The smallest absolute Gasteiger partial charge is 0.231 e. The van der Waals surface area contributed by atoms with E-state index in [-0.39, 0.29) is 23.6 Å². The van der Waals surface area contributed by atoms with Crippen LogP contribution < -0.4 is 15.2 Å². The molecule has 1 aliphatic carbocycles. The van der Waals surface area contributed by atoms with Crippen LogP contribution in [0.1, 0.15) is 11.5 Å². The van der Waals surface area contributed by atoms with Gasteiger partial charge in [-0.3, -0.25) is 0 Å². The first-order valence-corrected chi connectivity index (χ1v) is 7.64. The van der Waals surface area contributed by atoms with Gasteiger partial charge in [0.1, 0.15) is 0 Å². The van der Waals surface area contributed by atoms with Crippen LogP contribution in [0.3, 0.4) is 0 Å². The summed E-state index contributed by atoms with van der Waals surface area (Å²) in [5.41, 5.74) is 7.16. The topological polar surface area (TPSA) is 64.7 Å². The van der Waals surface area contributed by atoms with Gasteiger partial charge < -0.3 is 20.3 Å². The Morgan fingerprint density at radius 2 is 1.89 bits per heavy atom. The number of ether oxygens (including phenoxy) is 2. The Kier molecular flexibility index (Phi) is 3.59. The van der Waals surface area contributed by atoms with E-state index >= 15 is 0 Å². The van der Waals surface area contributed by atoms with Crippen molar-refractivity contribution in [3.63, 3.8) is 0 Å². The summed E-state index contributed by atoms with van der Waals surface area (Å²) in [6, 6.07) is 3.65. The van der Waals surface area contributed by atoms with E-state index < -0.39 is 6.10 Å². The van der Waals surface area contributed by atoms with E-state index in [2.05, 4.69) is 31.9 Å². The molecule has 1 aliphatic heterocycles. The van der Waals surface area contributed by atoms with Crippen molar-refractivity contribution < 1.29 is 14.6 Å². The van der Waals surface area contributed by atoms with Gasteiger partial charge >= 0.3 is 0 Å². The van der Waals surface area contributed by atoms with Gasteiger partial charge in [-0.15, -0.1) is 0 Å². The second-order valence-electron chi connectivity index (χ2n) is 4.65. The average Bonchev–Trinajstić information content (AvgIpc) is 2.81. The van der Waals surface area contributed by atoms with Gasteiger partial charge in [-0.2, -0.15) is 0 Å². The van der Waals surface area contributed by atoms with Crippen molar-refractivity contribution >= 4 is 31.9 Å². The monoisotopic (exact) mass is 389 g/mol. The van der Waals surface area contributed by atoms with Crippen LogP contribution in [0.15, 0.2) is 28.8 Å². The minimum atomic E-state index is -0.554. The maximum absolute atomic E-state index is 9.95. The summed E-state index contributed by atoms with van der Waals surface area (Å²) in [7, 11) is 0. The molecule has 19 heavy (non-hydrogen) atoms. The van der Waals surface area contributed by atoms with Gasteiger partial charge in [0.25, 0.3) is 0 Å². The average molecular weight is 391 g/mol. The predicted octanol–water partition coefficient (Wildman–Crippen LogP) is 2.28. The fraction of sp³-hybridized carbons (Fsp3) is 0.385. The summed E-state index contributed by atoms with van der Waals surface area (Å²) in [5.74, 6) is 1.40. The molecule has 4 atom stereocenters. The number of rotatable bonds is 1. The Morgan fingerprint density at radius 1 is 1.21 bits per heavy atom. The minimum absolute atomic E-state index is 0.0381. The zero-order valence-electron chi connectivity index (χ0n) is 9.92. The first kappa shape index (κ1) is 13.4. The van der Waals surface area contributed by atoms with Crippen LogP contribution >= 0.6 is 31.9 Å². The van der Waals surface area contributed by atoms with E-state index in [4.69, 9.17) is 15.2 Å². The number of benzene rings is 1. The molecule has 0 amide bonds. The molecular formula is C13H13Br2NO3. The van der Waals surface area contributed by atoms with Crippen LogP contribution in [-0.4, -0.2) is 28.9 Å². The quantitative estimate of drug-likeness (QED) is 0.570. The summed E-state index contributed by atoms with van der Waals surface area (Å²) < 4.78 is 11.6. The van der Waals surface area contributed by atoms with Crippen molar-refractivity contribution in [2.45, 2.75) is 22.9 Å². The highest BCUT2D eigenvalue weighted by atomic mass is 79.9. The molecule has 0 aromatic heterocycles. The molecule has 1 aromatic rings. The van der Waals surface area contributed by atoms with Crippen LogP contribution in [0.4, 0.5) is 0 Å². The van der Waals surface area contributed by atoms with Crippen LogP contribution in [0.5, 0.6) is 11.5 Å². The van der Waals surface area contributed by atoms with Crippen molar-refractivity contribution in [3.8, 4) is 11.5 Å². The molecule has 0 spiro atoms. The lowest BCUT2D eigenvalue weighted by Crippen LogP contribution is -2.41. The molecule has 2 aliphatic rings. The van der Waals surface area contributed by atoms with Gasteiger partial charge in [-0.1, -0.05) is 44.0 Å². The highest BCUT2D eigenvalue weighted by Gasteiger charge is 2.35. The Morgan fingerprint density at radius 3 is 2.63 bits per heavy atom. The summed E-state index contributed by atoms with van der Waals surface area (Å²) in [6.45, 7) is 0.238. The zero-order valence-corrected chi connectivity index (χ0v) is 13.1. The lowest BCUT2D eigenvalue weighted by atomic mass is 9.83. The van der Waals surface area contributed by atoms with E-state index in [1.165, 1.54) is 0 Å². The van der Waals surface area contributed by atoms with Crippen LogP contribution in [0, 0.1) is 0 Å². The second kappa shape index (κ2) is 5.09. The maximum Gasteiger partial charge on any atom is 0.231 e. The minimum Gasteiger partial charge on any atom is -0.454 e.